The highest BCUT2D eigenvalue weighted by atomic mass is 35.5. The molecule has 0 atom stereocenters. The minimum absolute atomic E-state index is 0.0646. The van der Waals surface area contributed by atoms with Gasteiger partial charge in [-0.1, -0.05) is 11.6 Å². The first-order valence-corrected chi connectivity index (χ1v) is 7.28. The summed E-state index contributed by atoms with van der Waals surface area (Å²) in [7, 11) is 0. The second-order valence-corrected chi connectivity index (χ2v) is 5.44. The zero-order chi connectivity index (χ0) is 15.2. The van der Waals surface area contributed by atoms with Crippen molar-refractivity contribution >= 4 is 40.6 Å². The number of hydrogen-bond donors (Lipinski definition) is 3. The van der Waals surface area contributed by atoms with Crippen LogP contribution in [0.1, 0.15) is 15.4 Å². The Morgan fingerprint density at radius 1 is 1.38 bits per heavy atom. The van der Waals surface area contributed by atoms with Crippen molar-refractivity contribution < 1.29 is 14.7 Å². The monoisotopic (exact) mass is 325 g/mol. The van der Waals surface area contributed by atoms with Crippen molar-refractivity contribution in [3.63, 3.8) is 0 Å². The largest absolute Gasteiger partial charge is 0.478 e. The molecule has 0 saturated carbocycles. The van der Waals surface area contributed by atoms with Gasteiger partial charge in [-0.3, -0.25) is 0 Å². The zero-order valence-corrected chi connectivity index (χ0v) is 12.4. The van der Waals surface area contributed by atoms with Crippen molar-refractivity contribution in [2.45, 2.75) is 6.42 Å². The molecular formula is C13H12ClN3O3S. The molecule has 0 aliphatic heterocycles. The lowest BCUT2D eigenvalue weighted by Gasteiger charge is -2.09. The maximum absolute atomic E-state index is 11.7. The summed E-state index contributed by atoms with van der Waals surface area (Å²) in [4.78, 5) is 26.6. The van der Waals surface area contributed by atoms with Gasteiger partial charge in [-0.05, 0) is 18.2 Å². The Morgan fingerprint density at radius 3 is 2.81 bits per heavy atom. The van der Waals surface area contributed by atoms with Gasteiger partial charge < -0.3 is 15.7 Å². The van der Waals surface area contributed by atoms with Crippen molar-refractivity contribution in [2.24, 2.45) is 0 Å². The van der Waals surface area contributed by atoms with Crippen LogP contribution in [0.2, 0.25) is 5.02 Å². The summed E-state index contributed by atoms with van der Waals surface area (Å²) < 4.78 is 0. The molecule has 0 bridgehead atoms. The lowest BCUT2D eigenvalue weighted by Crippen LogP contribution is -2.30. The topological polar surface area (TPSA) is 91.3 Å². The third-order valence-electron chi connectivity index (χ3n) is 2.57. The van der Waals surface area contributed by atoms with Crippen LogP contribution in [0.3, 0.4) is 0 Å². The normalized spacial score (nSPS) is 10.1. The molecule has 1 heterocycles. The number of aromatic carboxylic acids is 1. The van der Waals surface area contributed by atoms with Crippen LogP contribution in [0.4, 0.5) is 10.5 Å². The van der Waals surface area contributed by atoms with Gasteiger partial charge >= 0.3 is 12.0 Å². The molecule has 0 spiro atoms. The van der Waals surface area contributed by atoms with E-state index in [9.17, 15) is 9.59 Å². The molecular weight excluding hydrogens is 314 g/mol. The molecule has 1 aromatic heterocycles. The van der Waals surface area contributed by atoms with Gasteiger partial charge in [0.25, 0.3) is 0 Å². The van der Waals surface area contributed by atoms with E-state index in [0.29, 0.717) is 18.7 Å². The Balaban J connectivity index is 1.86. The van der Waals surface area contributed by atoms with E-state index >= 15 is 0 Å². The lowest BCUT2D eigenvalue weighted by atomic mass is 10.2. The third-order valence-corrected chi connectivity index (χ3v) is 3.72. The number of carboxylic acids is 1. The van der Waals surface area contributed by atoms with Crippen LogP contribution in [0.5, 0.6) is 0 Å². The fourth-order valence-electron chi connectivity index (χ4n) is 1.58. The molecule has 2 aromatic rings. The molecule has 21 heavy (non-hydrogen) atoms. The number of carbonyl (C=O) groups is 2. The smallest absolute Gasteiger partial charge is 0.335 e. The molecule has 2 rings (SSSR count). The van der Waals surface area contributed by atoms with Crippen molar-refractivity contribution in [3.8, 4) is 0 Å². The number of halogens is 1. The van der Waals surface area contributed by atoms with Crippen molar-refractivity contribution in [1.82, 2.24) is 10.3 Å². The molecule has 8 heteroatoms. The number of anilines is 1. The zero-order valence-electron chi connectivity index (χ0n) is 10.8. The van der Waals surface area contributed by atoms with Crippen LogP contribution in [0.25, 0.3) is 0 Å². The number of nitrogens with one attached hydrogen (secondary N) is 2. The summed E-state index contributed by atoms with van der Waals surface area (Å²) >= 11 is 7.44. The van der Waals surface area contributed by atoms with Gasteiger partial charge in [0.15, 0.2) is 0 Å². The number of aromatic nitrogens is 1. The summed E-state index contributed by atoms with van der Waals surface area (Å²) in [5, 5.41) is 17.1. The van der Waals surface area contributed by atoms with Gasteiger partial charge in [-0.25, -0.2) is 14.6 Å². The van der Waals surface area contributed by atoms with E-state index in [1.54, 1.807) is 6.20 Å². The third kappa shape index (κ3) is 4.44. The maximum atomic E-state index is 11.7. The first-order chi connectivity index (χ1) is 10.1. The summed E-state index contributed by atoms with van der Waals surface area (Å²) in [5.41, 5.74) is 0.420. The highest BCUT2D eigenvalue weighted by Crippen LogP contribution is 2.22. The fraction of sp³-hybridized carbons (Fsp3) is 0.154. The summed E-state index contributed by atoms with van der Waals surface area (Å²) in [6.45, 7) is 0.449. The standard InChI is InChI=1S/C13H12ClN3O3S/c14-9-7-8(12(18)19)1-2-10(9)17-13(20)16-4-3-11-15-5-6-21-11/h1-2,5-7H,3-4H2,(H,18,19)(H2,16,17,20). The van der Waals surface area contributed by atoms with E-state index in [-0.39, 0.29) is 10.6 Å². The molecule has 110 valence electrons. The number of nitrogens with zero attached hydrogens (tertiary/aromatic N) is 1. The Bertz CT molecular complexity index is 646. The predicted octanol–water partition coefficient (Wildman–Crippen LogP) is 2.86. The van der Waals surface area contributed by atoms with Crippen molar-refractivity contribution in [2.75, 3.05) is 11.9 Å². The number of urea groups is 1. The Hall–Kier alpha value is -2.12. The van der Waals surface area contributed by atoms with Crippen LogP contribution >= 0.6 is 22.9 Å². The number of hydrogen-bond acceptors (Lipinski definition) is 4. The first kappa shape index (κ1) is 15.3. The van der Waals surface area contributed by atoms with E-state index in [1.165, 1.54) is 29.5 Å². The molecule has 3 N–H and O–H groups in total. The van der Waals surface area contributed by atoms with Gasteiger partial charge in [0.1, 0.15) is 0 Å². The van der Waals surface area contributed by atoms with E-state index < -0.39 is 12.0 Å². The van der Waals surface area contributed by atoms with Crippen LogP contribution in [0.15, 0.2) is 29.8 Å². The van der Waals surface area contributed by atoms with E-state index in [4.69, 9.17) is 16.7 Å². The fourth-order valence-corrected chi connectivity index (χ4v) is 2.42. The average Bonchev–Trinajstić information content (AvgIpc) is 2.94. The van der Waals surface area contributed by atoms with Gasteiger partial charge in [0, 0.05) is 24.5 Å². The Labute approximate surface area is 129 Å². The summed E-state index contributed by atoms with van der Waals surface area (Å²) in [5.74, 6) is -1.07. The number of rotatable bonds is 5. The number of carbonyl (C=O) groups excluding carboxylic acids is 1. The quantitative estimate of drug-likeness (QED) is 0.788. The second kappa shape index (κ2) is 7.05. The maximum Gasteiger partial charge on any atom is 0.335 e. The molecule has 0 radical (unpaired) electrons. The predicted molar refractivity (Wildman–Crippen MR) is 81.3 cm³/mol. The van der Waals surface area contributed by atoms with Gasteiger partial charge in [-0.2, -0.15) is 0 Å². The molecule has 2 amide bonds. The minimum atomic E-state index is -1.07. The highest BCUT2D eigenvalue weighted by molar-refractivity contribution is 7.09. The van der Waals surface area contributed by atoms with Crippen LogP contribution in [0, 0.1) is 0 Å². The molecule has 0 aliphatic rings. The minimum Gasteiger partial charge on any atom is -0.478 e. The summed E-state index contributed by atoms with van der Waals surface area (Å²) in [6, 6.07) is 3.71. The first-order valence-electron chi connectivity index (χ1n) is 6.02. The van der Waals surface area contributed by atoms with E-state index in [2.05, 4.69) is 15.6 Å². The van der Waals surface area contributed by atoms with Gasteiger partial charge in [-0.15, -0.1) is 11.3 Å². The molecule has 1 aromatic carbocycles. The van der Waals surface area contributed by atoms with Crippen LogP contribution in [-0.2, 0) is 6.42 Å². The van der Waals surface area contributed by atoms with Crippen LogP contribution in [-0.4, -0.2) is 28.6 Å². The van der Waals surface area contributed by atoms with E-state index in [1.807, 2.05) is 5.38 Å². The highest BCUT2D eigenvalue weighted by Gasteiger charge is 2.09. The lowest BCUT2D eigenvalue weighted by molar-refractivity contribution is 0.0697. The number of carboxylic acid groups (broad SMARTS) is 1. The molecule has 0 saturated heterocycles. The van der Waals surface area contributed by atoms with Crippen molar-refractivity contribution in [1.29, 1.82) is 0 Å². The van der Waals surface area contributed by atoms with Gasteiger partial charge in [0.05, 0.1) is 21.3 Å². The summed E-state index contributed by atoms with van der Waals surface area (Å²) in [6.07, 6.45) is 2.36. The van der Waals surface area contributed by atoms with E-state index in [0.717, 1.165) is 5.01 Å². The Kier molecular flexibility index (Phi) is 5.13. The van der Waals surface area contributed by atoms with Crippen molar-refractivity contribution in [3.05, 3.63) is 45.4 Å². The number of amides is 2. The SMILES string of the molecule is O=C(NCCc1nccs1)Nc1ccc(C(=O)O)cc1Cl. The van der Waals surface area contributed by atoms with Crippen LogP contribution < -0.4 is 10.6 Å². The molecule has 6 nitrogen and oxygen atoms in total. The number of benzene rings is 1. The average molecular weight is 326 g/mol. The molecule has 0 aliphatic carbocycles. The Morgan fingerprint density at radius 2 is 2.19 bits per heavy atom. The number of thiazole rings is 1. The second-order valence-electron chi connectivity index (χ2n) is 4.06. The van der Waals surface area contributed by atoms with Gasteiger partial charge in [0.2, 0.25) is 0 Å². The molecule has 0 unspecified atom stereocenters. The molecule has 0 fully saturated rings.